The number of methoxy groups -OCH3 is 1. The molecule has 1 aromatic heterocycles. The van der Waals surface area contributed by atoms with E-state index in [1.54, 1.807) is 0 Å². The summed E-state index contributed by atoms with van der Waals surface area (Å²) in [6, 6.07) is 1.16. The second-order valence-electron chi connectivity index (χ2n) is 6.33. The Morgan fingerprint density at radius 3 is 2.52 bits per heavy atom. The highest BCUT2D eigenvalue weighted by Crippen LogP contribution is 2.42. The Bertz CT molecular complexity index is 788. The molecule has 0 radical (unpaired) electrons. The maximum Gasteiger partial charge on any atom is 0.469 e. The molecule has 11 nitrogen and oxygen atoms in total. The zero-order valence-electron chi connectivity index (χ0n) is 15.5. The fourth-order valence-electron chi connectivity index (χ4n) is 2.94. The summed E-state index contributed by atoms with van der Waals surface area (Å²) in [4.78, 5) is 43.8. The molecular weight excluding hydrogens is 383 g/mol. The van der Waals surface area contributed by atoms with E-state index in [9.17, 15) is 14.2 Å². The van der Waals surface area contributed by atoms with Gasteiger partial charge in [0.05, 0.1) is 12.2 Å². The van der Waals surface area contributed by atoms with Gasteiger partial charge in [-0.2, -0.15) is 0 Å². The third-order valence-corrected chi connectivity index (χ3v) is 4.96. The number of aromatic amines is 1. The molecule has 154 valence electrons. The number of nitrogens with one attached hydrogen (secondary N) is 1. The number of ether oxygens (including phenoxy) is 3. The highest BCUT2D eigenvalue weighted by Gasteiger charge is 2.51. The Morgan fingerprint density at radius 1 is 1.33 bits per heavy atom. The molecule has 6 atom stereocenters. The number of aromatic nitrogens is 2. The lowest BCUT2D eigenvalue weighted by molar-refractivity contribution is -0.106. The van der Waals surface area contributed by atoms with Crippen LogP contribution in [0.5, 0.6) is 0 Å². The molecule has 3 N–H and O–H groups in total. The Balaban J connectivity index is 2.40. The average Bonchev–Trinajstić information content (AvgIpc) is 2.91. The lowest BCUT2D eigenvalue weighted by Gasteiger charge is -2.28. The molecule has 2 heterocycles. The Morgan fingerprint density at radius 2 is 2.00 bits per heavy atom. The normalized spacial score (nSPS) is 28.2. The molecule has 0 aliphatic carbocycles. The van der Waals surface area contributed by atoms with E-state index >= 15 is 0 Å². The fraction of sp³-hybridized carbons (Fsp3) is 0.733. The molecule has 0 saturated carbocycles. The smallest absolute Gasteiger partial charge is 0.374 e. The number of H-pyrrole nitrogens is 1. The van der Waals surface area contributed by atoms with Gasteiger partial charge in [0.25, 0.3) is 5.56 Å². The van der Waals surface area contributed by atoms with Crippen LogP contribution in [-0.4, -0.2) is 57.0 Å². The molecule has 27 heavy (non-hydrogen) atoms. The van der Waals surface area contributed by atoms with E-state index < -0.39 is 49.7 Å². The van der Waals surface area contributed by atoms with Crippen molar-refractivity contribution in [1.82, 2.24) is 9.55 Å². The van der Waals surface area contributed by atoms with E-state index in [0.717, 1.165) is 10.6 Å². The lowest BCUT2D eigenvalue weighted by Crippen LogP contribution is -2.43. The van der Waals surface area contributed by atoms with Crippen molar-refractivity contribution >= 4 is 7.82 Å². The summed E-state index contributed by atoms with van der Waals surface area (Å²) < 4.78 is 34.4. The first-order valence-corrected chi connectivity index (χ1v) is 9.99. The van der Waals surface area contributed by atoms with Gasteiger partial charge in [0.2, 0.25) is 0 Å². The van der Waals surface area contributed by atoms with Crippen LogP contribution in [0.15, 0.2) is 21.9 Å². The third kappa shape index (κ3) is 5.35. The number of hydrogen-bond donors (Lipinski definition) is 3. The monoisotopic (exact) mass is 408 g/mol. The number of nitrogens with zero attached hydrogens (tertiary/aromatic N) is 1. The van der Waals surface area contributed by atoms with Gasteiger partial charge >= 0.3 is 13.5 Å². The third-order valence-electron chi connectivity index (χ3n) is 4.35. The highest BCUT2D eigenvalue weighted by atomic mass is 31.2. The van der Waals surface area contributed by atoms with Crippen molar-refractivity contribution in [3.8, 4) is 0 Å². The van der Waals surface area contributed by atoms with Crippen molar-refractivity contribution in [2.24, 2.45) is 0 Å². The molecule has 1 fully saturated rings. The minimum atomic E-state index is -4.77. The highest BCUT2D eigenvalue weighted by molar-refractivity contribution is 7.46. The Labute approximate surface area is 155 Å². The summed E-state index contributed by atoms with van der Waals surface area (Å²) in [5.41, 5.74) is -1.27. The van der Waals surface area contributed by atoms with Crippen LogP contribution in [0.2, 0.25) is 0 Å². The van der Waals surface area contributed by atoms with Crippen LogP contribution in [0, 0.1) is 0 Å². The molecular formula is C15H25N2O9P. The van der Waals surface area contributed by atoms with Crippen molar-refractivity contribution in [1.29, 1.82) is 0 Å². The topological polar surface area (TPSA) is 149 Å². The standard InChI is InChI=1S/C15H25N2O9P/c1-5-8(2)24-12-11(9(3)26-27(20,21)22)25-14(13(12)23-4)17-7-6-10(18)16-15(17)19/h6-9,11-14H,5H2,1-4H3,(H,16,18,19)(H2,20,21,22). The first-order valence-electron chi connectivity index (χ1n) is 8.46. The average molecular weight is 408 g/mol. The molecule has 1 aromatic rings. The SMILES string of the molecule is CCC(C)OC1C(C(C)OP(=O)(O)O)OC(n2ccc(=O)[nH]c2=O)C1OC. The fourth-order valence-corrected chi connectivity index (χ4v) is 3.49. The second kappa shape index (κ2) is 8.78. The molecule has 1 saturated heterocycles. The van der Waals surface area contributed by atoms with Crippen LogP contribution in [0.1, 0.15) is 33.4 Å². The molecule has 1 aliphatic rings. The predicted octanol–water partition coefficient (Wildman–Crippen LogP) is 0.130. The first kappa shape index (κ1) is 22.0. The molecule has 1 aliphatic heterocycles. The maximum absolute atomic E-state index is 12.2. The summed E-state index contributed by atoms with van der Waals surface area (Å²) >= 11 is 0. The van der Waals surface area contributed by atoms with Crippen molar-refractivity contribution in [2.45, 2.75) is 63.9 Å². The summed E-state index contributed by atoms with van der Waals surface area (Å²) in [5, 5.41) is 0. The zero-order valence-corrected chi connectivity index (χ0v) is 16.4. The van der Waals surface area contributed by atoms with Gasteiger partial charge in [0.1, 0.15) is 18.3 Å². The van der Waals surface area contributed by atoms with Gasteiger partial charge in [-0.3, -0.25) is 18.9 Å². The number of phosphoric acid groups is 1. The maximum atomic E-state index is 12.2. The van der Waals surface area contributed by atoms with Crippen LogP contribution in [-0.2, 0) is 23.3 Å². The van der Waals surface area contributed by atoms with Crippen molar-refractivity contribution in [3.05, 3.63) is 33.1 Å². The Kier molecular flexibility index (Phi) is 7.14. The summed E-state index contributed by atoms with van der Waals surface area (Å²) in [5.74, 6) is 0. The van der Waals surface area contributed by atoms with E-state index in [2.05, 4.69) is 4.98 Å². The van der Waals surface area contributed by atoms with E-state index in [1.807, 2.05) is 13.8 Å². The number of phosphoric ester groups is 1. The summed E-state index contributed by atoms with van der Waals surface area (Å²) in [7, 11) is -3.37. The van der Waals surface area contributed by atoms with E-state index in [4.69, 9.17) is 28.5 Å². The van der Waals surface area contributed by atoms with Gasteiger partial charge in [-0.15, -0.1) is 0 Å². The van der Waals surface area contributed by atoms with Gasteiger partial charge in [-0.25, -0.2) is 9.36 Å². The molecule has 6 unspecified atom stereocenters. The molecule has 0 spiro atoms. The molecule has 2 rings (SSSR count). The largest absolute Gasteiger partial charge is 0.469 e. The second-order valence-corrected chi connectivity index (χ2v) is 7.52. The molecule has 0 bridgehead atoms. The van der Waals surface area contributed by atoms with Crippen LogP contribution < -0.4 is 11.2 Å². The Hall–Kier alpha value is -1.33. The zero-order chi connectivity index (χ0) is 20.4. The first-order chi connectivity index (χ1) is 12.6. The molecule has 0 aromatic carbocycles. The number of rotatable bonds is 8. The van der Waals surface area contributed by atoms with Gasteiger partial charge in [0.15, 0.2) is 6.23 Å². The quantitative estimate of drug-likeness (QED) is 0.510. The van der Waals surface area contributed by atoms with Crippen LogP contribution >= 0.6 is 7.82 Å². The van der Waals surface area contributed by atoms with Gasteiger partial charge < -0.3 is 24.0 Å². The van der Waals surface area contributed by atoms with Gasteiger partial charge in [-0.05, 0) is 20.3 Å². The lowest BCUT2D eigenvalue weighted by atomic mass is 10.1. The number of hydrogen-bond acceptors (Lipinski definition) is 7. The van der Waals surface area contributed by atoms with Crippen LogP contribution in [0.3, 0.4) is 0 Å². The van der Waals surface area contributed by atoms with E-state index in [0.29, 0.717) is 6.42 Å². The molecule has 0 amide bonds. The summed E-state index contributed by atoms with van der Waals surface area (Å²) in [6.07, 6.45) is -2.79. The van der Waals surface area contributed by atoms with Crippen molar-refractivity contribution in [2.75, 3.05) is 7.11 Å². The minimum Gasteiger partial charge on any atom is -0.374 e. The van der Waals surface area contributed by atoms with Crippen molar-refractivity contribution < 1.29 is 33.1 Å². The minimum absolute atomic E-state index is 0.202. The predicted molar refractivity (Wildman–Crippen MR) is 93.2 cm³/mol. The summed E-state index contributed by atoms with van der Waals surface area (Å²) in [6.45, 7) is 5.18. The van der Waals surface area contributed by atoms with Gasteiger partial charge in [0, 0.05) is 19.4 Å². The van der Waals surface area contributed by atoms with E-state index in [1.165, 1.54) is 20.2 Å². The van der Waals surface area contributed by atoms with Crippen LogP contribution in [0.25, 0.3) is 0 Å². The van der Waals surface area contributed by atoms with Gasteiger partial charge in [-0.1, -0.05) is 6.92 Å². The molecule has 12 heteroatoms. The van der Waals surface area contributed by atoms with Crippen molar-refractivity contribution in [3.63, 3.8) is 0 Å². The van der Waals surface area contributed by atoms with Crippen LogP contribution in [0.4, 0.5) is 0 Å². The van der Waals surface area contributed by atoms with E-state index in [-0.39, 0.29) is 6.10 Å².